The van der Waals surface area contributed by atoms with E-state index in [0.717, 1.165) is 135 Å². The number of unbranched alkanes of at least 4 members (excludes halogenated alkanes) is 28. The molecule has 0 N–H and O–H groups in total. The van der Waals surface area contributed by atoms with Gasteiger partial charge in [0.25, 0.3) is 0 Å². The molecule has 0 aromatic rings. The van der Waals surface area contributed by atoms with E-state index in [1.165, 1.54) is 128 Å². The first-order valence-electron chi connectivity index (χ1n) is 33.0. The Morgan fingerprint density at radius 2 is 0.494 bits per heavy atom. The standard InChI is InChI=1S/C73H122O6/c1-4-7-10-13-16-19-22-25-28-31-32-33-34-35-36-37-38-39-40-43-45-48-51-54-57-60-63-66-72(75)78-69-70(79-73(76)67-64-61-58-55-52-49-46-42-30-27-24-21-18-15-12-9-6-3)68-77-71(74)65-62-59-56-53-50-47-44-41-29-26-23-20-17-14-11-8-5-2/h7,9-10,12,16-21,25-30,32-33,46,49,70H,4-6,8,11,13-15,22-24,31,34-45,47-48,50-69H2,1-3H3/b10-7-,12-9-,19-16-,20-17-,21-18-,28-25-,29-26-,30-27-,33-32-,49-46-. The Bertz CT molecular complexity index is 1640. The highest BCUT2D eigenvalue weighted by Gasteiger charge is 2.19. The second kappa shape index (κ2) is 66.3. The summed E-state index contributed by atoms with van der Waals surface area (Å²) < 4.78 is 16.9. The molecular formula is C73H122O6. The zero-order chi connectivity index (χ0) is 57.1. The zero-order valence-electron chi connectivity index (χ0n) is 51.6. The maximum Gasteiger partial charge on any atom is 0.306 e. The van der Waals surface area contributed by atoms with E-state index in [9.17, 15) is 14.4 Å². The number of hydrogen-bond acceptors (Lipinski definition) is 6. The van der Waals surface area contributed by atoms with Gasteiger partial charge in [0.1, 0.15) is 13.2 Å². The van der Waals surface area contributed by atoms with E-state index < -0.39 is 6.10 Å². The smallest absolute Gasteiger partial charge is 0.306 e. The van der Waals surface area contributed by atoms with Crippen LogP contribution in [0.4, 0.5) is 0 Å². The first-order valence-corrected chi connectivity index (χ1v) is 33.0. The van der Waals surface area contributed by atoms with Gasteiger partial charge in [-0.25, -0.2) is 0 Å². The van der Waals surface area contributed by atoms with Gasteiger partial charge in [-0.05, 0) is 128 Å². The molecule has 0 aliphatic heterocycles. The van der Waals surface area contributed by atoms with Crippen molar-refractivity contribution in [3.05, 3.63) is 122 Å². The fraction of sp³-hybridized carbons (Fsp3) is 0.685. The third-order valence-corrected chi connectivity index (χ3v) is 13.9. The molecule has 1 atom stereocenters. The predicted octanol–water partition coefficient (Wildman–Crippen LogP) is 22.8. The minimum atomic E-state index is -0.799. The number of carbonyl (C=O) groups excluding carboxylic acids is 3. The monoisotopic (exact) mass is 1090 g/mol. The number of rotatable bonds is 59. The average Bonchev–Trinajstić information content (AvgIpc) is 3.45. The predicted molar refractivity (Wildman–Crippen MR) is 343 cm³/mol. The lowest BCUT2D eigenvalue weighted by Crippen LogP contribution is -2.30. The van der Waals surface area contributed by atoms with Crippen LogP contribution in [-0.4, -0.2) is 37.2 Å². The summed E-state index contributed by atoms with van der Waals surface area (Å²) in [5.41, 5.74) is 0. The lowest BCUT2D eigenvalue weighted by atomic mass is 10.0. The van der Waals surface area contributed by atoms with Crippen molar-refractivity contribution in [2.45, 2.75) is 309 Å². The molecule has 0 fully saturated rings. The molecule has 0 aromatic heterocycles. The maximum atomic E-state index is 12.9. The summed E-state index contributed by atoms with van der Waals surface area (Å²) >= 11 is 0. The quantitative estimate of drug-likeness (QED) is 0.0261. The van der Waals surface area contributed by atoms with Crippen molar-refractivity contribution in [1.29, 1.82) is 0 Å². The highest BCUT2D eigenvalue weighted by atomic mass is 16.6. The first kappa shape index (κ1) is 74.8. The van der Waals surface area contributed by atoms with Crippen LogP contribution >= 0.6 is 0 Å². The van der Waals surface area contributed by atoms with Gasteiger partial charge in [-0.1, -0.05) is 277 Å². The van der Waals surface area contributed by atoms with Crippen LogP contribution in [0.2, 0.25) is 0 Å². The Hall–Kier alpha value is -4.19. The molecule has 79 heavy (non-hydrogen) atoms. The van der Waals surface area contributed by atoms with Crippen LogP contribution in [-0.2, 0) is 28.6 Å². The number of ether oxygens (including phenoxy) is 3. The van der Waals surface area contributed by atoms with Crippen LogP contribution < -0.4 is 0 Å². The molecule has 0 heterocycles. The summed E-state index contributed by atoms with van der Waals surface area (Å²) in [5.74, 6) is -0.917. The highest BCUT2D eigenvalue weighted by molar-refractivity contribution is 5.71. The summed E-state index contributed by atoms with van der Waals surface area (Å²) in [6.07, 6.45) is 92.1. The summed E-state index contributed by atoms with van der Waals surface area (Å²) in [4.78, 5) is 38.4. The average molecular weight is 1100 g/mol. The van der Waals surface area contributed by atoms with Crippen LogP contribution in [0.1, 0.15) is 303 Å². The van der Waals surface area contributed by atoms with E-state index >= 15 is 0 Å². The van der Waals surface area contributed by atoms with Gasteiger partial charge in [-0.15, -0.1) is 0 Å². The van der Waals surface area contributed by atoms with Gasteiger partial charge >= 0.3 is 17.9 Å². The molecule has 450 valence electrons. The van der Waals surface area contributed by atoms with E-state index in [4.69, 9.17) is 14.2 Å². The molecular weight excluding hydrogens is 973 g/mol. The van der Waals surface area contributed by atoms with Crippen LogP contribution in [0.3, 0.4) is 0 Å². The molecule has 0 aromatic carbocycles. The Morgan fingerprint density at radius 3 is 0.772 bits per heavy atom. The van der Waals surface area contributed by atoms with E-state index in [1.807, 2.05) is 0 Å². The van der Waals surface area contributed by atoms with Gasteiger partial charge in [0.15, 0.2) is 6.10 Å². The summed E-state index contributed by atoms with van der Waals surface area (Å²) in [6, 6.07) is 0. The van der Waals surface area contributed by atoms with Crippen molar-refractivity contribution in [3.63, 3.8) is 0 Å². The molecule has 0 rings (SSSR count). The van der Waals surface area contributed by atoms with E-state index in [0.29, 0.717) is 19.3 Å². The number of carbonyl (C=O) groups is 3. The Morgan fingerprint density at radius 1 is 0.266 bits per heavy atom. The van der Waals surface area contributed by atoms with Crippen molar-refractivity contribution in [2.24, 2.45) is 0 Å². The molecule has 0 saturated heterocycles. The molecule has 0 bridgehead atoms. The van der Waals surface area contributed by atoms with Gasteiger partial charge in [-0.3, -0.25) is 14.4 Å². The lowest BCUT2D eigenvalue weighted by molar-refractivity contribution is -0.167. The lowest BCUT2D eigenvalue weighted by Gasteiger charge is -2.18. The fourth-order valence-electron chi connectivity index (χ4n) is 9.04. The van der Waals surface area contributed by atoms with Crippen molar-refractivity contribution in [3.8, 4) is 0 Å². The second-order valence-electron chi connectivity index (χ2n) is 21.6. The van der Waals surface area contributed by atoms with Crippen LogP contribution in [0.5, 0.6) is 0 Å². The summed E-state index contributed by atoms with van der Waals surface area (Å²) in [5, 5.41) is 0. The molecule has 0 aliphatic carbocycles. The summed E-state index contributed by atoms with van der Waals surface area (Å²) in [6.45, 7) is 6.38. The fourth-order valence-corrected chi connectivity index (χ4v) is 9.04. The number of hydrogen-bond donors (Lipinski definition) is 0. The second-order valence-corrected chi connectivity index (χ2v) is 21.6. The molecule has 0 aliphatic rings. The van der Waals surface area contributed by atoms with Crippen molar-refractivity contribution in [2.75, 3.05) is 13.2 Å². The number of esters is 3. The minimum Gasteiger partial charge on any atom is -0.462 e. The van der Waals surface area contributed by atoms with Crippen molar-refractivity contribution in [1.82, 2.24) is 0 Å². The van der Waals surface area contributed by atoms with Crippen molar-refractivity contribution >= 4 is 17.9 Å². The normalized spacial score (nSPS) is 12.9. The topological polar surface area (TPSA) is 78.9 Å². The van der Waals surface area contributed by atoms with Gasteiger partial charge in [0.05, 0.1) is 0 Å². The summed E-state index contributed by atoms with van der Waals surface area (Å²) in [7, 11) is 0. The third kappa shape index (κ3) is 64.5. The zero-order valence-corrected chi connectivity index (χ0v) is 51.6. The molecule has 6 nitrogen and oxygen atoms in total. The Labute approximate surface area is 488 Å². The molecule has 0 radical (unpaired) electrons. The molecule has 1 unspecified atom stereocenters. The highest BCUT2D eigenvalue weighted by Crippen LogP contribution is 2.16. The van der Waals surface area contributed by atoms with E-state index in [-0.39, 0.29) is 31.1 Å². The van der Waals surface area contributed by atoms with Gasteiger partial charge < -0.3 is 14.2 Å². The maximum absolute atomic E-state index is 12.9. The van der Waals surface area contributed by atoms with Crippen LogP contribution in [0.25, 0.3) is 0 Å². The molecule has 0 spiro atoms. The Balaban J connectivity index is 4.35. The minimum absolute atomic E-state index is 0.0919. The van der Waals surface area contributed by atoms with Gasteiger partial charge in [0.2, 0.25) is 0 Å². The van der Waals surface area contributed by atoms with E-state index in [1.54, 1.807) is 0 Å². The van der Waals surface area contributed by atoms with Gasteiger partial charge in [0, 0.05) is 19.3 Å². The molecule has 6 heteroatoms. The molecule has 0 saturated carbocycles. The van der Waals surface area contributed by atoms with Gasteiger partial charge in [-0.2, -0.15) is 0 Å². The molecule has 0 amide bonds. The first-order chi connectivity index (χ1) is 39.0. The Kier molecular flexibility index (Phi) is 62.8. The van der Waals surface area contributed by atoms with Crippen LogP contribution in [0, 0.1) is 0 Å². The number of allylic oxidation sites excluding steroid dienone is 20. The van der Waals surface area contributed by atoms with Crippen molar-refractivity contribution < 1.29 is 28.6 Å². The van der Waals surface area contributed by atoms with E-state index in [2.05, 4.69) is 142 Å². The third-order valence-electron chi connectivity index (χ3n) is 13.9. The van der Waals surface area contributed by atoms with Crippen LogP contribution in [0.15, 0.2) is 122 Å². The largest absolute Gasteiger partial charge is 0.462 e. The SMILES string of the molecule is CC/C=C\C/C=C\C/C=C\C/C=C\CCCCCCCCCCCCCCCCC(=O)OCC(COC(=O)CCCCCCCCC/C=C\C/C=C\CCCCC)OC(=O)CCCCCC/C=C\C/C=C\C/C=C\C/C=C\CC.